The summed E-state index contributed by atoms with van der Waals surface area (Å²) in [5.41, 5.74) is -2.72. The van der Waals surface area contributed by atoms with Gasteiger partial charge in [0.25, 0.3) is 0 Å². The van der Waals surface area contributed by atoms with Gasteiger partial charge in [-0.25, -0.2) is 0 Å². The van der Waals surface area contributed by atoms with Gasteiger partial charge in [0.2, 0.25) is 0 Å². The number of carbonyl (C=O) groups is 2. The van der Waals surface area contributed by atoms with E-state index >= 15 is 0 Å². The van der Waals surface area contributed by atoms with Gasteiger partial charge in [-0.05, 0) is 61.6 Å². The Labute approximate surface area is 286 Å². The molecule has 3 aliphatic rings. The summed E-state index contributed by atoms with van der Waals surface area (Å²) >= 11 is 0. The SMILES string of the molecule is COC1(C)CC(OC2C(C)C(=O)OCC(C)C(O)C(C)C(=O)C(C)CC(C)(O)C(OC3OC(C)CC(N(C)C)C3O)C2C)OC(C)C1O. The summed E-state index contributed by atoms with van der Waals surface area (Å²) in [6.07, 6.45) is -7.56. The Balaban J connectivity index is 2.11. The third kappa shape index (κ3) is 9.15. The van der Waals surface area contributed by atoms with E-state index in [-0.39, 0.29) is 37.4 Å². The zero-order valence-electron chi connectivity index (χ0n) is 31.0. The zero-order valence-corrected chi connectivity index (χ0v) is 31.0. The van der Waals surface area contributed by atoms with Crippen LogP contribution in [0.25, 0.3) is 0 Å². The molecule has 4 N–H and O–H groups in total. The van der Waals surface area contributed by atoms with Crippen molar-refractivity contribution in [1.29, 1.82) is 0 Å². The molecule has 0 bridgehead atoms. The molecule has 0 aromatic rings. The van der Waals surface area contributed by atoms with Gasteiger partial charge >= 0.3 is 5.97 Å². The number of carbonyl (C=O) groups excluding carboxylic acids is 2. The molecule has 17 atom stereocenters. The highest BCUT2D eigenvalue weighted by Gasteiger charge is 2.52. The maximum Gasteiger partial charge on any atom is 0.311 e. The summed E-state index contributed by atoms with van der Waals surface area (Å²) < 4.78 is 36.8. The van der Waals surface area contributed by atoms with Gasteiger partial charge in [0, 0.05) is 43.2 Å². The second-order valence-corrected chi connectivity index (χ2v) is 15.6. The highest BCUT2D eigenvalue weighted by molar-refractivity contribution is 5.83. The fourth-order valence-electron chi connectivity index (χ4n) is 7.80. The van der Waals surface area contributed by atoms with Crippen molar-refractivity contribution in [3.8, 4) is 0 Å². The van der Waals surface area contributed by atoms with Gasteiger partial charge < -0.3 is 53.7 Å². The third-order valence-electron chi connectivity index (χ3n) is 11.1. The number of nitrogens with zero attached hydrogens (tertiary/aromatic N) is 1. The predicted octanol–water partition coefficient (Wildman–Crippen LogP) is 1.89. The molecule has 3 aliphatic heterocycles. The fraction of sp³-hybridized carbons (Fsp3) is 0.943. The van der Waals surface area contributed by atoms with Crippen LogP contribution in [0.2, 0.25) is 0 Å². The Bertz CT molecular complexity index is 1070. The van der Waals surface area contributed by atoms with Crippen LogP contribution in [0.1, 0.15) is 81.6 Å². The smallest absolute Gasteiger partial charge is 0.311 e. The van der Waals surface area contributed by atoms with Crippen molar-refractivity contribution in [2.45, 2.75) is 154 Å². The van der Waals surface area contributed by atoms with Crippen LogP contribution in [-0.4, -0.2) is 137 Å². The molecule has 0 aliphatic carbocycles. The number of hydrogen-bond donors (Lipinski definition) is 4. The Morgan fingerprint density at radius 3 is 2.08 bits per heavy atom. The van der Waals surface area contributed by atoms with Crippen molar-refractivity contribution in [2.24, 2.45) is 29.6 Å². The predicted molar refractivity (Wildman–Crippen MR) is 176 cm³/mol. The molecule has 17 unspecified atom stereocenters. The summed E-state index contributed by atoms with van der Waals surface area (Å²) in [5.74, 6) is -4.54. The van der Waals surface area contributed by atoms with Crippen LogP contribution in [0, 0.1) is 29.6 Å². The minimum atomic E-state index is -1.71. The topological polar surface area (TPSA) is 174 Å². The average molecular weight is 690 g/mol. The molecule has 13 nitrogen and oxygen atoms in total. The number of hydrogen-bond acceptors (Lipinski definition) is 13. The fourth-order valence-corrected chi connectivity index (χ4v) is 7.80. The van der Waals surface area contributed by atoms with E-state index < -0.39 is 96.0 Å². The van der Waals surface area contributed by atoms with Crippen LogP contribution in [-0.2, 0) is 38.0 Å². The molecular weight excluding hydrogens is 626 g/mol. The van der Waals surface area contributed by atoms with Crippen LogP contribution in [0.4, 0.5) is 0 Å². The molecular formula is C35H63NO12. The van der Waals surface area contributed by atoms with Gasteiger partial charge in [0.05, 0.1) is 54.2 Å². The molecule has 0 spiro atoms. The maximum atomic E-state index is 13.7. The van der Waals surface area contributed by atoms with E-state index in [1.165, 1.54) is 7.11 Å². The van der Waals surface area contributed by atoms with Crippen LogP contribution in [0.3, 0.4) is 0 Å². The molecule has 0 amide bonds. The molecule has 3 heterocycles. The summed E-state index contributed by atoms with van der Waals surface area (Å²) in [6, 6.07) is -0.293. The molecule has 0 saturated carbocycles. The monoisotopic (exact) mass is 689 g/mol. The van der Waals surface area contributed by atoms with Gasteiger partial charge in [-0.15, -0.1) is 0 Å². The molecule has 280 valence electrons. The van der Waals surface area contributed by atoms with Crippen LogP contribution in [0.15, 0.2) is 0 Å². The van der Waals surface area contributed by atoms with E-state index in [0.717, 1.165) is 0 Å². The van der Waals surface area contributed by atoms with Crippen molar-refractivity contribution in [3.05, 3.63) is 0 Å². The van der Waals surface area contributed by atoms with Crippen LogP contribution < -0.4 is 0 Å². The number of ether oxygens (including phenoxy) is 6. The van der Waals surface area contributed by atoms with Gasteiger partial charge in [0.1, 0.15) is 18.0 Å². The van der Waals surface area contributed by atoms with Crippen molar-refractivity contribution in [3.63, 3.8) is 0 Å². The lowest BCUT2D eigenvalue weighted by Gasteiger charge is -2.48. The first-order valence-corrected chi connectivity index (χ1v) is 17.4. The Morgan fingerprint density at radius 2 is 1.50 bits per heavy atom. The van der Waals surface area contributed by atoms with E-state index in [1.54, 1.807) is 55.4 Å². The van der Waals surface area contributed by atoms with E-state index in [1.807, 2.05) is 25.9 Å². The quantitative estimate of drug-likeness (QED) is 0.298. The van der Waals surface area contributed by atoms with Crippen LogP contribution in [0.5, 0.6) is 0 Å². The number of cyclic esters (lactones) is 1. The van der Waals surface area contributed by atoms with E-state index in [0.29, 0.717) is 6.42 Å². The van der Waals surface area contributed by atoms with Gasteiger partial charge in [0.15, 0.2) is 12.6 Å². The van der Waals surface area contributed by atoms with Gasteiger partial charge in [-0.2, -0.15) is 0 Å². The molecule has 3 rings (SSSR count). The molecule has 0 aromatic heterocycles. The maximum absolute atomic E-state index is 13.7. The number of Topliss-reactive ketones (excluding diaryl/α,β-unsaturated/α-hetero) is 1. The Morgan fingerprint density at radius 1 is 0.875 bits per heavy atom. The molecule has 13 heteroatoms. The third-order valence-corrected chi connectivity index (χ3v) is 11.1. The number of esters is 1. The first kappa shape index (κ1) is 41.2. The molecule has 48 heavy (non-hydrogen) atoms. The average Bonchev–Trinajstić information content (AvgIpc) is 3.02. The Hall–Kier alpha value is -1.26. The molecule has 3 fully saturated rings. The second kappa shape index (κ2) is 16.4. The number of likely N-dealkylation sites (N-methyl/N-ethyl adjacent to an activating group) is 1. The first-order chi connectivity index (χ1) is 22.1. The first-order valence-electron chi connectivity index (χ1n) is 17.4. The van der Waals surface area contributed by atoms with Crippen molar-refractivity contribution in [1.82, 2.24) is 4.90 Å². The molecule has 0 aromatic carbocycles. The number of methoxy groups -OCH3 is 1. The molecule has 0 radical (unpaired) electrons. The standard InChI is InChI=1S/C35H63NO12/c1-17-14-34(8,42)31(48-33-28(39)24(36(10)11)13-19(3)45-33)21(5)29(47-25-15-35(9,43-12)30(40)23(7)46-25)22(6)32(41)44-16-18(2)27(38)20(4)26(17)37/h17-25,27-31,33,38-40,42H,13-16H2,1-12H3. The molecule has 3 saturated heterocycles. The second-order valence-electron chi connectivity index (χ2n) is 15.6. The summed E-state index contributed by atoms with van der Waals surface area (Å²) in [6.45, 7) is 15.3. The number of rotatable bonds is 6. The lowest BCUT2D eigenvalue weighted by molar-refractivity contribution is -0.317. The van der Waals surface area contributed by atoms with Crippen molar-refractivity contribution < 1.29 is 58.4 Å². The summed E-state index contributed by atoms with van der Waals surface area (Å²) in [5, 5.41) is 45.5. The number of aliphatic hydroxyl groups is 4. The normalized spacial score (nSPS) is 49.0. The lowest BCUT2D eigenvalue weighted by Crippen LogP contribution is -2.60. The Kier molecular flexibility index (Phi) is 14.1. The van der Waals surface area contributed by atoms with Gasteiger partial charge in [-0.3, -0.25) is 9.59 Å². The zero-order chi connectivity index (χ0) is 36.5. The number of ketones is 1. The van der Waals surface area contributed by atoms with Crippen molar-refractivity contribution >= 4 is 11.8 Å². The van der Waals surface area contributed by atoms with E-state index in [4.69, 9.17) is 28.4 Å². The van der Waals surface area contributed by atoms with Crippen LogP contribution >= 0.6 is 0 Å². The number of aliphatic hydroxyl groups excluding tert-OH is 3. The van der Waals surface area contributed by atoms with Gasteiger partial charge in [-0.1, -0.05) is 27.7 Å². The minimum Gasteiger partial charge on any atom is -0.465 e. The van der Waals surface area contributed by atoms with E-state index in [9.17, 15) is 30.0 Å². The lowest BCUT2D eigenvalue weighted by atomic mass is 9.75. The van der Waals surface area contributed by atoms with Crippen molar-refractivity contribution in [2.75, 3.05) is 27.8 Å². The minimum absolute atomic E-state index is 0.0434. The largest absolute Gasteiger partial charge is 0.465 e. The highest BCUT2D eigenvalue weighted by atomic mass is 16.7. The van der Waals surface area contributed by atoms with E-state index in [2.05, 4.69) is 0 Å². The highest BCUT2D eigenvalue weighted by Crippen LogP contribution is 2.40. The summed E-state index contributed by atoms with van der Waals surface area (Å²) in [7, 11) is 5.22. The summed E-state index contributed by atoms with van der Waals surface area (Å²) in [4.78, 5) is 29.1.